The Morgan fingerprint density at radius 2 is 1.53 bits per heavy atom. The maximum absolute atomic E-state index is 13.3. The average Bonchev–Trinajstić information content (AvgIpc) is 2.72. The molecule has 0 fully saturated rings. The predicted octanol–water partition coefficient (Wildman–Crippen LogP) is 3.92. The highest BCUT2D eigenvalue weighted by Gasteiger charge is 2.16. The van der Waals surface area contributed by atoms with E-state index in [1.54, 1.807) is 0 Å². The summed E-state index contributed by atoms with van der Waals surface area (Å²) in [5, 5.41) is 2.63. The molecule has 156 valence electrons. The first-order valence-corrected chi connectivity index (χ1v) is 10.3. The second kappa shape index (κ2) is 9.47. The molecule has 0 aromatic heterocycles. The summed E-state index contributed by atoms with van der Waals surface area (Å²) in [5.41, 5.74) is 1.58. The summed E-state index contributed by atoms with van der Waals surface area (Å²) in [6.07, 6.45) is 0. The Labute approximate surface area is 172 Å². The molecule has 0 saturated heterocycles. The first-order chi connectivity index (χ1) is 14.3. The van der Waals surface area contributed by atoms with Crippen molar-refractivity contribution in [2.45, 2.75) is 11.5 Å². The summed E-state index contributed by atoms with van der Waals surface area (Å²) in [5.74, 6) is -2.76. The van der Waals surface area contributed by atoms with Gasteiger partial charge in [-0.05, 0) is 48.0 Å². The third-order valence-corrected chi connectivity index (χ3v) is 5.35. The summed E-state index contributed by atoms with van der Waals surface area (Å²) in [6, 6.07) is 17.6. The zero-order chi connectivity index (χ0) is 21.6. The lowest BCUT2D eigenvalue weighted by molar-refractivity contribution is -0.121. The highest BCUT2D eigenvalue weighted by Crippen LogP contribution is 2.20. The number of sulfonamides is 1. The number of rotatable bonds is 8. The van der Waals surface area contributed by atoms with Gasteiger partial charge in [0, 0.05) is 11.4 Å². The summed E-state index contributed by atoms with van der Waals surface area (Å²) in [6.45, 7) is 0.165. The third kappa shape index (κ3) is 5.85. The summed E-state index contributed by atoms with van der Waals surface area (Å²) < 4.78 is 58.4. The molecule has 0 aliphatic carbocycles. The van der Waals surface area contributed by atoms with Gasteiger partial charge in [0.1, 0.15) is 6.61 Å². The molecule has 9 heteroatoms. The minimum atomic E-state index is -4.09. The van der Waals surface area contributed by atoms with Crippen molar-refractivity contribution in [3.63, 3.8) is 0 Å². The zero-order valence-electron chi connectivity index (χ0n) is 15.6. The molecule has 2 N–H and O–H groups in total. The number of anilines is 2. The van der Waals surface area contributed by atoms with E-state index in [2.05, 4.69) is 10.0 Å². The van der Waals surface area contributed by atoms with Crippen LogP contribution in [0.2, 0.25) is 0 Å². The van der Waals surface area contributed by atoms with E-state index in [-0.39, 0.29) is 18.2 Å². The molecule has 0 radical (unpaired) electrons. The lowest BCUT2D eigenvalue weighted by Gasteiger charge is -2.10. The van der Waals surface area contributed by atoms with Gasteiger partial charge >= 0.3 is 0 Å². The van der Waals surface area contributed by atoms with Crippen LogP contribution in [0.15, 0.2) is 77.7 Å². The van der Waals surface area contributed by atoms with Crippen molar-refractivity contribution in [1.82, 2.24) is 0 Å². The zero-order valence-corrected chi connectivity index (χ0v) is 16.5. The molecule has 0 aliphatic rings. The van der Waals surface area contributed by atoms with Crippen molar-refractivity contribution >= 4 is 27.3 Å². The Hall–Kier alpha value is -3.30. The number of ether oxygens (including phenoxy) is 1. The Balaban J connectivity index is 1.54. The number of carbonyl (C=O) groups excluding carboxylic acids is 1. The van der Waals surface area contributed by atoms with Crippen molar-refractivity contribution in [3.05, 3.63) is 90.0 Å². The monoisotopic (exact) mass is 432 g/mol. The number of hydrogen-bond donors (Lipinski definition) is 2. The van der Waals surface area contributed by atoms with E-state index < -0.39 is 26.6 Å². The van der Waals surface area contributed by atoms with Gasteiger partial charge in [-0.2, -0.15) is 0 Å². The van der Waals surface area contributed by atoms with Crippen LogP contribution in [0.5, 0.6) is 0 Å². The molecule has 0 aliphatic heterocycles. The van der Waals surface area contributed by atoms with Crippen LogP contribution >= 0.6 is 0 Å². The number of amides is 1. The van der Waals surface area contributed by atoms with Gasteiger partial charge in [0.2, 0.25) is 5.91 Å². The van der Waals surface area contributed by atoms with E-state index >= 15 is 0 Å². The summed E-state index contributed by atoms with van der Waals surface area (Å²) in [4.78, 5) is 11.5. The van der Waals surface area contributed by atoms with Gasteiger partial charge in [-0.15, -0.1) is 0 Å². The molecule has 6 nitrogen and oxygen atoms in total. The third-order valence-electron chi connectivity index (χ3n) is 3.97. The fraction of sp³-hybridized carbons (Fsp3) is 0.0952. The molecule has 0 heterocycles. The molecule has 1 amide bonds. The highest BCUT2D eigenvalue weighted by atomic mass is 32.2. The van der Waals surface area contributed by atoms with E-state index in [0.29, 0.717) is 18.4 Å². The molecule has 0 spiro atoms. The molecule has 0 bridgehead atoms. The molecule has 0 atom stereocenters. The number of hydrogen-bond acceptors (Lipinski definition) is 4. The van der Waals surface area contributed by atoms with Crippen molar-refractivity contribution in [1.29, 1.82) is 0 Å². The van der Waals surface area contributed by atoms with Crippen molar-refractivity contribution in [2.75, 3.05) is 16.6 Å². The van der Waals surface area contributed by atoms with Gasteiger partial charge in [-0.3, -0.25) is 9.52 Å². The normalized spacial score (nSPS) is 11.1. The average molecular weight is 432 g/mol. The van der Waals surface area contributed by atoms with Gasteiger partial charge in [0.15, 0.2) is 11.6 Å². The molecule has 0 saturated carbocycles. The first-order valence-electron chi connectivity index (χ1n) is 8.83. The van der Waals surface area contributed by atoms with E-state index in [4.69, 9.17) is 4.74 Å². The van der Waals surface area contributed by atoms with Gasteiger partial charge in [0.05, 0.1) is 11.5 Å². The molecular formula is C21H18F2N2O4S. The van der Waals surface area contributed by atoms with Crippen LogP contribution in [-0.4, -0.2) is 20.9 Å². The number of halogens is 2. The van der Waals surface area contributed by atoms with Crippen LogP contribution in [0.3, 0.4) is 0 Å². The minimum absolute atomic E-state index is 0.139. The Morgan fingerprint density at radius 1 is 0.867 bits per heavy atom. The van der Waals surface area contributed by atoms with E-state index in [1.807, 2.05) is 30.3 Å². The topological polar surface area (TPSA) is 84.5 Å². The standard InChI is InChI=1S/C21H18F2N2O4S/c22-19-11-10-18(12-20(19)23)30(27,28)25-17-8-6-16(7-9-17)24-21(26)14-29-13-15-4-2-1-3-5-15/h1-12,25H,13-14H2,(H,24,26). The fourth-order valence-corrected chi connectivity index (χ4v) is 3.58. The SMILES string of the molecule is O=C(COCc1ccccc1)Nc1ccc(NS(=O)(=O)c2ccc(F)c(F)c2)cc1. The quantitative estimate of drug-likeness (QED) is 0.565. The van der Waals surface area contributed by atoms with Crippen LogP contribution in [-0.2, 0) is 26.2 Å². The maximum Gasteiger partial charge on any atom is 0.261 e. The van der Waals surface area contributed by atoms with Gasteiger partial charge in [0.25, 0.3) is 10.0 Å². The molecule has 0 unspecified atom stereocenters. The van der Waals surface area contributed by atoms with Crippen molar-refractivity contribution in [3.8, 4) is 0 Å². The Morgan fingerprint density at radius 3 is 2.20 bits per heavy atom. The second-order valence-corrected chi connectivity index (χ2v) is 7.97. The van der Waals surface area contributed by atoms with Crippen LogP contribution in [0.4, 0.5) is 20.2 Å². The predicted molar refractivity (Wildman–Crippen MR) is 108 cm³/mol. The Bertz CT molecular complexity index is 1120. The molecule has 3 aromatic rings. The summed E-state index contributed by atoms with van der Waals surface area (Å²) in [7, 11) is -4.09. The van der Waals surface area contributed by atoms with E-state index in [1.165, 1.54) is 24.3 Å². The second-order valence-electron chi connectivity index (χ2n) is 6.29. The lowest BCUT2D eigenvalue weighted by atomic mass is 10.2. The number of nitrogens with one attached hydrogen (secondary N) is 2. The number of benzene rings is 3. The smallest absolute Gasteiger partial charge is 0.261 e. The van der Waals surface area contributed by atoms with E-state index in [9.17, 15) is 22.0 Å². The molecule has 3 rings (SSSR count). The van der Waals surface area contributed by atoms with Crippen LogP contribution in [0, 0.1) is 11.6 Å². The number of carbonyl (C=O) groups is 1. The van der Waals surface area contributed by atoms with Crippen LogP contribution in [0.1, 0.15) is 5.56 Å². The van der Waals surface area contributed by atoms with Crippen molar-refractivity contribution in [2.24, 2.45) is 0 Å². The fourth-order valence-electron chi connectivity index (χ4n) is 2.51. The van der Waals surface area contributed by atoms with Gasteiger partial charge in [-0.1, -0.05) is 30.3 Å². The molecule has 3 aromatic carbocycles. The highest BCUT2D eigenvalue weighted by molar-refractivity contribution is 7.92. The largest absolute Gasteiger partial charge is 0.367 e. The van der Waals surface area contributed by atoms with Crippen LogP contribution < -0.4 is 10.0 Å². The van der Waals surface area contributed by atoms with E-state index in [0.717, 1.165) is 17.7 Å². The van der Waals surface area contributed by atoms with Crippen LogP contribution in [0.25, 0.3) is 0 Å². The molecular weight excluding hydrogens is 414 g/mol. The van der Waals surface area contributed by atoms with Gasteiger partial charge in [-0.25, -0.2) is 17.2 Å². The molecule has 30 heavy (non-hydrogen) atoms. The van der Waals surface area contributed by atoms with Gasteiger partial charge < -0.3 is 10.1 Å². The minimum Gasteiger partial charge on any atom is -0.367 e. The summed E-state index contributed by atoms with van der Waals surface area (Å²) >= 11 is 0. The van der Waals surface area contributed by atoms with Crippen molar-refractivity contribution < 1.29 is 26.7 Å². The maximum atomic E-state index is 13.3. The lowest BCUT2D eigenvalue weighted by Crippen LogP contribution is -2.18. The Kier molecular flexibility index (Phi) is 6.76. The first kappa shape index (κ1) is 21.4.